The van der Waals surface area contributed by atoms with Gasteiger partial charge in [0.05, 0.1) is 24.6 Å². The smallest absolute Gasteiger partial charge is 0.229 e. The van der Waals surface area contributed by atoms with Crippen LogP contribution in [0.4, 0.5) is 29.0 Å². The summed E-state index contributed by atoms with van der Waals surface area (Å²) in [7, 11) is 0. The number of hydrogen-bond acceptors (Lipinski definition) is 8. The van der Waals surface area contributed by atoms with E-state index in [1.807, 2.05) is 18.2 Å². The van der Waals surface area contributed by atoms with Crippen molar-refractivity contribution in [1.82, 2.24) is 19.9 Å². The van der Waals surface area contributed by atoms with Gasteiger partial charge in [0, 0.05) is 25.5 Å². The van der Waals surface area contributed by atoms with Crippen molar-refractivity contribution < 1.29 is 4.74 Å². The molecule has 0 spiro atoms. The number of rotatable bonds is 5. The highest BCUT2D eigenvalue weighted by Gasteiger charge is 2.15. The van der Waals surface area contributed by atoms with E-state index in [9.17, 15) is 0 Å². The second-order valence-corrected chi connectivity index (χ2v) is 6.18. The molecule has 1 aliphatic heterocycles. The molecule has 4 rings (SSSR count). The molecule has 1 aliphatic rings. The van der Waals surface area contributed by atoms with Gasteiger partial charge in [-0.05, 0) is 35.9 Å². The minimum Gasteiger partial charge on any atom is -0.378 e. The number of aromatic nitrogens is 4. The Morgan fingerprint density at radius 2 is 1.63 bits per heavy atom. The van der Waals surface area contributed by atoms with Crippen LogP contribution in [0.2, 0.25) is 5.28 Å². The molecule has 1 aromatic carbocycles. The van der Waals surface area contributed by atoms with Crippen molar-refractivity contribution in [3.05, 3.63) is 54.1 Å². The Morgan fingerprint density at radius 1 is 0.889 bits per heavy atom. The molecule has 1 saturated heterocycles. The van der Waals surface area contributed by atoms with Crippen molar-refractivity contribution in [2.24, 2.45) is 0 Å². The molecule has 0 radical (unpaired) electrons. The third-order valence-corrected chi connectivity index (χ3v) is 4.22. The lowest BCUT2D eigenvalue weighted by Crippen LogP contribution is -2.36. The Bertz CT molecular complexity index is 917. The molecular weight excluding hydrogens is 366 g/mol. The van der Waals surface area contributed by atoms with Gasteiger partial charge in [-0.2, -0.15) is 4.98 Å². The summed E-state index contributed by atoms with van der Waals surface area (Å²) >= 11 is 5.82. The van der Waals surface area contributed by atoms with E-state index in [1.165, 1.54) is 0 Å². The number of para-hydroxylation sites is 2. The van der Waals surface area contributed by atoms with Crippen LogP contribution >= 0.6 is 11.6 Å². The Kier molecular flexibility index (Phi) is 5.27. The molecule has 0 amide bonds. The second kappa shape index (κ2) is 8.15. The Labute approximate surface area is 161 Å². The van der Waals surface area contributed by atoms with Crippen molar-refractivity contribution >= 4 is 40.6 Å². The summed E-state index contributed by atoms with van der Waals surface area (Å²) in [6.45, 7) is 3.17. The molecule has 0 aliphatic carbocycles. The highest BCUT2D eigenvalue weighted by molar-refractivity contribution is 6.28. The van der Waals surface area contributed by atoms with Crippen LogP contribution < -0.4 is 15.5 Å². The van der Waals surface area contributed by atoms with Gasteiger partial charge in [0.15, 0.2) is 0 Å². The van der Waals surface area contributed by atoms with Crippen LogP contribution in [-0.4, -0.2) is 46.2 Å². The fourth-order valence-corrected chi connectivity index (χ4v) is 2.95. The summed E-state index contributed by atoms with van der Waals surface area (Å²) in [6, 6.07) is 11.6. The Hall–Kier alpha value is -2.97. The number of nitrogens with zero attached hydrogens (tertiary/aromatic N) is 5. The number of halogens is 1. The standard InChI is InChI=1S/C18H18ClN7O/c19-17-20-7-5-15(24-17)23-16-6-8-21-18(25-16)22-13-3-1-2-4-14(13)26-9-11-27-12-10-26/h1-8H,9-12H2,(H2,20,21,22,23,24,25). The lowest BCUT2D eigenvalue weighted by molar-refractivity contribution is 0.123. The predicted molar refractivity (Wildman–Crippen MR) is 105 cm³/mol. The molecule has 3 aromatic rings. The summed E-state index contributed by atoms with van der Waals surface area (Å²) in [5.74, 6) is 1.65. The molecule has 1 fully saturated rings. The Balaban J connectivity index is 1.53. The molecular formula is C18H18ClN7O. The fraction of sp³-hybridized carbons (Fsp3) is 0.222. The van der Waals surface area contributed by atoms with Crippen LogP contribution in [0, 0.1) is 0 Å². The molecule has 27 heavy (non-hydrogen) atoms. The maximum atomic E-state index is 5.82. The van der Waals surface area contributed by atoms with E-state index in [0.717, 1.165) is 37.7 Å². The largest absolute Gasteiger partial charge is 0.378 e. The summed E-state index contributed by atoms with van der Waals surface area (Å²) < 4.78 is 5.45. The number of ether oxygens (including phenoxy) is 1. The first kappa shape index (κ1) is 17.4. The quantitative estimate of drug-likeness (QED) is 0.649. The van der Waals surface area contributed by atoms with Gasteiger partial charge in [-0.1, -0.05) is 12.1 Å². The van der Waals surface area contributed by atoms with Crippen LogP contribution in [0.15, 0.2) is 48.8 Å². The van der Waals surface area contributed by atoms with Crippen molar-refractivity contribution in [2.75, 3.05) is 41.8 Å². The highest BCUT2D eigenvalue weighted by atomic mass is 35.5. The second-order valence-electron chi connectivity index (χ2n) is 5.84. The molecule has 0 bridgehead atoms. The molecule has 9 heteroatoms. The maximum Gasteiger partial charge on any atom is 0.229 e. The van der Waals surface area contributed by atoms with E-state index in [1.54, 1.807) is 24.5 Å². The van der Waals surface area contributed by atoms with Gasteiger partial charge in [0.1, 0.15) is 11.6 Å². The van der Waals surface area contributed by atoms with Gasteiger partial charge in [-0.25, -0.2) is 15.0 Å². The minimum absolute atomic E-state index is 0.173. The van der Waals surface area contributed by atoms with E-state index in [4.69, 9.17) is 16.3 Å². The Morgan fingerprint density at radius 3 is 2.44 bits per heavy atom. The summed E-state index contributed by atoms with van der Waals surface area (Å²) in [4.78, 5) is 19.1. The topological polar surface area (TPSA) is 88.1 Å². The maximum absolute atomic E-state index is 5.82. The van der Waals surface area contributed by atoms with Gasteiger partial charge >= 0.3 is 0 Å². The van der Waals surface area contributed by atoms with Gasteiger partial charge < -0.3 is 20.3 Å². The van der Waals surface area contributed by atoms with Gasteiger partial charge in [0.25, 0.3) is 0 Å². The van der Waals surface area contributed by atoms with Gasteiger partial charge in [-0.3, -0.25) is 0 Å². The lowest BCUT2D eigenvalue weighted by Gasteiger charge is -2.30. The summed E-state index contributed by atoms with van der Waals surface area (Å²) in [5.41, 5.74) is 2.05. The lowest BCUT2D eigenvalue weighted by atomic mass is 10.2. The minimum atomic E-state index is 0.173. The summed E-state index contributed by atoms with van der Waals surface area (Å²) in [6.07, 6.45) is 3.26. The predicted octanol–water partition coefficient (Wildman–Crippen LogP) is 3.24. The van der Waals surface area contributed by atoms with Crippen molar-refractivity contribution in [3.63, 3.8) is 0 Å². The van der Waals surface area contributed by atoms with Gasteiger partial charge in [0.2, 0.25) is 11.2 Å². The zero-order chi connectivity index (χ0) is 18.5. The molecule has 138 valence electrons. The number of morpholine rings is 1. The number of nitrogens with one attached hydrogen (secondary N) is 2. The zero-order valence-corrected chi connectivity index (χ0v) is 15.2. The van der Waals surface area contributed by atoms with E-state index < -0.39 is 0 Å². The van der Waals surface area contributed by atoms with E-state index in [2.05, 4.69) is 41.5 Å². The van der Waals surface area contributed by atoms with Gasteiger partial charge in [-0.15, -0.1) is 0 Å². The van der Waals surface area contributed by atoms with E-state index in [0.29, 0.717) is 17.6 Å². The van der Waals surface area contributed by atoms with Crippen LogP contribution in [0.1, 0.15) is 0 Å². The monoisotopic (exact) mass is 383 g/mol. The zero-order valence-electron chi connectivity index (χ0n) is 14.5. The molecule has 0 saturated carbocycles. The molecule has 2 N–H and O–H groups in total. The van der Waals surface area contributed by atoms with Crippen LogP contribution in [-0.2, 0) is 4.74 Å². The average molecular weight is 384 g/mol. The first-order chi connectivity index (χ1) is 13.3. The third-order valence-electron chi connectivity index (χ3n) is 4.04. The van der Waals surface area contributed by atoms with Crippen molar-refractivity contribution in [3.8, 4) is 0 Å². The molecule has 2 aromatic heterocycles. The first-order valence-electron chi connectivity index (χ1n) is 8.55. The van der Waals surface area contributed by atoms with E-state index >= 15 is 0 Å². The summed E-state index contributed by atoms with van der Waals surface area (Å²) in [5, 5.41) is 6.57. The number of hydrogen-bond donors (Lipinski definition) is 2. The fourth-order valence-electron chi connectivity index (χ4n) is 2.80. The van der Waals surface area contributed by atoms with Crippen LogP contribution in [0.5, 0.6) is 0 Å². The SMILES string of the molecule is Clc1nccc(Nc2ccnc(Nc3ccccc3N3CCOCC3)n2)n1. The molecule has 8 nitrogen and oxygen atoms in total. The number of benzene rings is 1. The van der Waals surface area contributed by atoms with Crippen LogP contribution in [0.25, 0.3) is 0 Å². The normalized spacial score (nSPS) is 14.0. The van der Waals surface area contributed by atoms with Crippen molar-refractivity contribution in [2.45, 2.75) is 0 Å². The molecule has 0 unspecified atom stereocenters. The highest BCUT2D eigenvalue weighted by Crippen LogP contribution is 2.28. The number of anilines is 5. The van der Waals surface area contributed by atoms with E-state index in [-0.39, 0.29) is 5.28 Å². The average Bonchev–Trinajstić information content (AvgIpc) is 2.69. The molecule has 0 atom stereocenters. The first-order valence-corrected chi connectivity index (χ1v) is 8.93. The van der Waals surface area contributed by atoms with Crippen molar-refractivity contribution in [1.29, 1.82) is 0 Å². The van der Waals surface area contributed by atoms with Crippen LogP contribution in [0.3, 0.4) is 0 Å². The third kappa shape index (κ3) is 4.42. The molecule has 3 heterocycles.